The van der Waals surface area contributed by atoms with Gasteiger partial charge in [0.25, 0.3) is 0 Å². The topological polar surface area (TPSA) is 26.3 Å². The van der Waals surface area contributed by atoms with Crippen LogP contribution in [0, 0.1) is 18.7 Å². The SMILES string of the molecule is CCOC1CC(CC(=O)Cc2cc(F)ccc2C)C1. The highest BCUT2D eigenvalue weighted by atomic mass is 19.1. The fourth-order valence-electron chi connectivity index (χ4n) is 2.65. The van der Waals surface area contributed by atoms with E-state index in [0.29, 0.717) is 24.9 Å². The molecule has 1 fully saturated rings. The molecule has 0 spiro atoms. The van der Waals surface area contributed by atoms with E-state index in [0.717, 1.165) is 30.6 Å². The molecule has 104 valence electrons. The van der Waals surface area contributed by atoms with Crippen LogP contribution in [0.15, 0.2) is 18.2 Å². The zero-order chi connectivity index (χ0) is 13.8. The molecule has 0 heterocycles. The molecular formula is C16H21FO2. The molecule has 0 aliphatic heterocycles. The maximum atomic E-state index is 13.1. The molecule has 1 aromatic rings. The van der Waals surface area contributed by atoms with Crippen molar-refractivity contribution in [2.45, 2.75) is 45.6 Å². The fraction of sp³-hybridized carbons (Fsp3) is 0.562. The molecule has 2 rings (SSSR count). The predicted molar refractivity (Wildman–Crippen MR) is 72.6 cm³/mol. The standard InChI is InChI=1S/C16H21FO2/c1-3-19-16-7-12(8-16)6-15(18)10-13-9-14(17)5-4-11(13)2/h4-5,9,12,16H,3,6-8,10H2,1-2H3. The smallest absolute Gasteiger partial charge is 0.137 e. The number of halogens is 1. The average Bonchev–Trinajstić information content (AvgIpc) is 2.31. The summed E-state index contributed by atoms with van der Waals surface area (Å²) in [5, 5.41) is 0. The molecule has 19 heavy (non-hydrogen) atoms. The van der Waals surface area contributed by atoms with E-state index in [9.17, 15) is 9.18 Å². The average molecular weight is 264 g/mol. The van der Waals surface area contributed by atoms with E-state index >= 15 is 0 Å². The van der Waals surface area contributed by atoms with Gasteiger partial charge in [-0.25, -0.2) is 4.39 Å². The Morgan fingerprint density at radius 2 is 2.16 bits per heavy atom. The zero-order valence-corrected chi connectivity index (χ0v) is 11.6. The first-order valence-corrected chi connectivity index (χ1v) is 6.96. The van der Waals surface area contributed by atoms with Gasteiger partial charge in [0.1, 0.15) is 11.6 Å². The highest BCUT2D eigenvalue weighted by Crippen LogP contribution is 2.33. The number of Topliss-reactive ketones (excluding diaryl/α,β-unsaturated/α-hetero) is 1. The van der Waals surface area contributed by atoms with Crippen LogP contribution < -0.4 is 0 Å². The summed E-state index contributed by atoms with van der Waals surface area (Å²) >= 11 is 0. The molecule has 0 atom stereocenters. The number of ketones is 1. The Balaban J connectivity index is 1.80. The number of carbonyl (C=O) groups excluding carboxylic acids is 1. The summed E-state index contributed by atoms with van der Waals surface area (Å²) in [5.74, 6) is 0.389. The molecule has 3 heteroatoms. The van der Waals surface area contributed by atoms with Gasteiger partial charge in [0.15, 0.2) is 0 Å². The van der Waals surface area contributed by atoms with E-state index in [-0.39, 0.29) is 11.6 Å². The van der Waals surface area contributed by atoms with Gasteiger partial charge in [-0.15, -0.1) is 0 Å². The van der Waals surface area contributed by atoms with Crippen molar-refractivity contribution >= 4 is 5.78 Å². The Bertz CT molecular complexity index is 450. The van der Waals surface area contributed by atoms with E-state index in [1.165, 1.54) is 12.1 Å². The van der Waals surface area contributed by atoms with Crippen LogP contribution in [0.4, 0.5) is 4.39 Å². The molecular weight excluding hydrogens is 243 g/mol. The molecule has 1 aromatic carbocycles. The summed E-state index contributed by atoms with van der Waals surface area (Å²) in [6.07, 6.45) is 3.27. The lowest BCUT2D eigenvalue weighted by Crippen LogP contribution is -2.33. The molecule has 0 bridgehead atoms. The maximum Gasteiger partial charge on any atom is 0.137 e. The quantitative estimate of drug-likeness (QED) is 0.786. The normalized spacial score (nSPS) is 22.1. The number of rotatable bonds is 6. The second-order valence-electron chi connectivity index (χ2n) is 5.41. The summed E-state index contributed by atoms with van der Waals surface area (Å²) in [7, 11) is 0. The molecule has 0 radical (unpaired) electrons. The molecule has 0 unspecified atom stereocenters. The number of aryl methyl sites for hydroxylation is 1. The van der Waals surface area contributed by atoms with Crippen LogP contribution in [0.25, 0.3) is 0 Å². The van der Waals surface area contributed by atoms with Gasteiger partial charge in [-0.2, -0.15) is 0 Å². The van der Waals surface area contributed by atoms with Crippen molar-refractivity contribution in [3.8, 4) is 0 Å². The lowest BCUT2D eigenvalue weighted by Gasteiger charge is -2.34. The van der Waals surface area contributed by atoms with Gasteiger partial charge in [0.2, 0.25) is 0 Å². The molecule has 1 aliphatic rings. The molecule has 0 saturated heterocycles. The lowest BCUT2D eigenvalue weighted by molar-refractivity contribution is -0.121. The minimum absolute atomic E-state index is 0.202. The number of hydrogen-bond donors (Lipinski definition) is 0. The Morgan fingerprint density at radius 1 is 1.42 bits per heavy atom. The first-order valence-electron chi connectivity index (χ1n) is 6.96. The van der Waals surface area contributed by atoms with Gasteiger partial charge < -0.3 is 4.74 Å². The second kappa shape index (κ2) is 6.29. The van der Waals surface area contributed by atoms with Crippen molar-refractivity contribution in [2.24, 2.45) is 5.92 Å². The first-order chi connectivity index (χ1) is 9.08. The van der Waals surface area contributed by atoms with Crippen LogP contribution >= 0.6 is 0 Å². The van der Waals surface area contributed by atoms with Gasteiger partial charge in [0.05, 0.1) is 6.10 Å². The first kappa shape index (κ1) is 14.2. The van der Waals surface area contributed by atoms with Crippen molar-refractivity contribution in [2.75, 3.05) is 6.61 Å². The van der Waals surface area contributed by atoms with Gasteiger partial charge in [0, 0.05) is 19.4 Å². The van der Waals surface area contributed by atoms with Gasteiger partial charge in [-0.3, -0.25) is 4.79 Å². The Kier molecular flexibility index (Phi) is 4.70. The second-order valence-corrected chi connectivity index (χ2v) is 5.41. The third kappa shape index (κ3) is 3.87. The number of carbonyl (C=O) groups is 1. The molecule has 0 N–H and O–H groups in total. The van der Waals surface area contributed by atoms with Crippen LogP contribution in [0.1, 0.15) is 37.3 Å². The molecule has 2 nitrogen and oxygen atoms in total. The van der Waals surface area contributed by atoms with Crippen LogP contribution in [0.3, 0.4) is 0 Å². The third-order valence-electron chi connectivity index (χ3n) is 3.81. The lowest BCUT2D eigenvalue weighted by atomic mass is 9.78. The molecule has 0 amide bonds. The van der Waals surface area contributed by atoms with Crippen LogP contribution in [-0.2, 0) is 16.0 Å². The fourth-order valence-corrected chi connectivity index (χ4v) is 2.65. The van der Waals surface area contributed by atoms with E-state index in [1.54, 1.807) is 6.07 Å². The van der Waals surface area contributed by atoms with Gasteiger partial charge in [-0.1, -0.05) is 6.07 Å². The van der Waals surface area contributed by atoms with Gasteiger partial charge >= 0.3 is 0 Å². The van der Waals surface area contributed by atoms with Crippen molar-refractivity contribution < 1.29 is 13.9 Å². The van der Waals surface area contributed by atoms with Crippen molar-refractivity contribution in [3.63, 3.8) is 0 Å². The zero-order valence-electron chi connectivity index (χ0n) is 11.6. The highest BCUT2D eigenvalue weighted by molar-refractivity contribution is 5.81. The molecule has 0 aromatic heterocycles. The summed E-state index contributed by atoms with van der Waals surface area (Å²) in [5.41, 5.74) is 1.79. The van der Waals surface area contributed by atoms with E-state index < -0.39 is 0 Å². The molecule has 1 aliphatic carbocycles. The Morgan fingerprint density at radius 3 is 2.84 bits per heavy atom. The summed E-state index contributed by atoms with van der Waals surface area (Å²) < 4.78 is 18.6. The van der Waals surface area contributed by atoms with Crippen molar-refractivity contribution in [1.82, 2.24) is 0 Å². The minimum Gasteiger partial charge on any atom is -0.378 e. The minimum atomic E-state index is -0.270. The van der Waals surface area contributed by atoms with Gasteiger partial charge in [-0.05, 0) is 55.9 Å². The summed E-state index contributed by atoms with van der Waals surface area (Å²) in [4.78, 5) is 12.0. The third-order valence-corrected chi connectivity index (χ3v) is 3.81. The summed E-state index contributed by atoms with van der Waals surface area (Å²) in [6, 6.07) is 4.63. The van der Waals surface area contributed by atoms with Crippen LogP contribution in [0.5, 0.6) is 0 Å². The van der Waals surface area contributed by atoms with E-state index in [2.05, 4.69) is 0 Å². The number of hydrogen-bond acceptors (Lipinski definition) is 2. The van der Waals surface area contributed by atoms with Crippen molar-refractivity contribution in [3.05, 3.63) is 35.1 Å². The number of benzene rings is 1. The van der Waals surface area contributed by atoms with E-state index in [1.807, 2.05) is 13.8 Å². The maximum absolute atomic E-state index is 13.1. The summed E-state index contributed by atoms with van der Waals surface area (Å²) in [6.45, 7) is 4.65. The molecule has 1 saturated carbocycles. The Hall–Kier alpha value is -1.22. The number of ether oxygens (including phenoxy) is 1. The van der Waals surface area contributed by atoms with Crippen LogP contribution in [-0.4, -0.2) is 18.5 Å². The van der Waals surface area contributed by atoms with E-state index in [4.69, 9.17) is 4.74 Å². The monoisotopic (exact) mass is 264 g/mol. The largest absolute Gasteiger partial charge is 0.378 e. The Labute approximate surface area is 114 Å². The highest BCUT2D eigenvalue weighted by Gasteiger charge is 2.30. The van der Waals surface area contributed by atoms with Crippen molar-refractivity contribution in [1.29, 1.82) is 0 Å². The van der Waals surface area contributed by atoms with Crippen LogP contribution in [0.2, 0.25) is 0 Å². The predicted octanol–water partition coefficient (Wildman–Crippen LogP) is 3.45.